The zero-order valence-electron chi connectivity index (χ0n) is 31.0. The number of aromatic hydroxyl groups is 1. The number of nitrogens with zero attached hydrogens (tertiary/aromatic N) is 1. The van der Waals surface area contributed by atoms with E-state index < -0.39 is 63.0 Å². The molecular formula is C36H50N2O16P2. The fraction of sp³-hybridized carbons (Fsp3) is 0.361. The van der Waals surface area contributed by atoms with Crippen LogP contribution in [-0.2, 0) is 23.5 Å². The number of nitrogens with two attached hydrogens (primary N) is 1. The zero-order valence-corrected chi connectivity index (χ0v) is 32.8. The zero-order chi connectivity index (χ0) is 42.9. The number of ether oxygens (including phenoxy) is 1. The maximum atomic E-state index is 10.7. The number of carboxylic acids is 3. The van der Waals surface area contributed by atoms with E-state index >= 15 is 0 Å². The fourth-order valence-electron chi connectivity index (χ4n) is 4.92. The summed E-state index contributed by atoms with van der Waals surface area (Å²) in [6.07, 6.45) is -2.29. The molecule has 0 bridgehead atoms. The maximum Gasteiger partial charge on any atom is 0.369 e. The van der Waals surface area contributed by atoms with E-state index in [9.17, 15) is 33.7 Å². The molecule has 0 saturated heterocycles. The lowest BCUT2D eigenvalue weighted by atomic mass is 9.88. The minimum Gasteiger partial charge on any atom is -0.508 e. The summed E-state index contributed by atoms with van der Waals surface area (Å²) in [6, 6.07) is 26.2. The van der Waals surface area contributed by atoms with Gasteiger partial charge in [0.05, 0.1) is 12.8 Å². The van der Waals surface area contributed by atoms with Crippen LogP contribution in [0, 0.1) is 0 Å². The number of rotatable bonds is 18. The average Bonchev–Trinajstić information content (AvgIpc) is 3.09. The number of carbonyl (C=O) groups is 3. The van der Waals surface area contributed by atoms with E-state index in [1.165, 1.54) is 11.1 Å². The normalized spacial score (nSPS) is 12.3. The smallest absolute Gasteiger partial charge is 0.369 e. The van der Waals surface area contributed by atoms with Crippen molar-refractivity contribution >= 4 is 44.2 Å². The molecule has 12 N–H and O–H groups in total. The Morgan fingerprint density at radius 2 is 1.27 bits per heavy atom. The number of benzene rings is 3. The van der Waals surface area contributed by atoms with Gasteiger partial charge < -0.3 is 65.6 Å². The first-order valence-corrected chi connectivity index (χ1v) is 20.0. The van der Waals surface area contributed by atoms with Gasteiger partial charge in [0, 0.05) is 13.0 Å². The molecule has 0 aliphatic rings. The van der Waals surface area contributed by atoms with Crippen molar-refractivity contribution < 1.29 is 78.5 Å². The van der Waals surface area contributed by atoms with E-state index in [2.05, 4.69) is 54.3 Å². The van der Waals surface area contributed by atoms with Crippen molar-refractivity contribution in [3.63, 3.8) is 0 Å². The van der Waals surface area contributed by atoms with Gasteiger partial charge in [0.15, 0.2) is 5.60 Å². The van der Waals surface area contributed by atoms with Crippen LogP contribution in [0.25, 0.3) is 11.1 Å². The van der Waals surface area contributed by atoms with Gasteiger partial charge in [-0.15, -0.1) is 0 Å². The van der Waals surface area contributed by atoms with Gasteiger partial charge in [-0.25, -0.2) is 4.79 Å². The number of phenols is 1. The number of likely N-dealkylation sites (N-methyl/N-ethyl adjacent to an activating group) is 1. The number of hydrogen-bond acceptors (Lipinski definition) is 11. The summed E-state index contributed by atoms with van der Waals surface area (Å²) in [5.74, 6) is -3.86. The van der Waals surface area contributed by atoms with E-state index in [1.807, 2.05) is 44.4 Å². The van der Waals surface area contributed by atoms with Crippen LogP contribution in [0.15, 0.2) is 78.9 Å². The van der Waals surface area contributed by atoms with E-state index in [4.69, 9.17) is 50.5 Å². The number of aliphatic hydroxyl groups is 2. The van der Waals surface area contributed by atoms with Gasteiger partial charge in [-0.05, 0) is 85.6 Å². The quantitative estimate of drug-likeness (QED) is 0.0648. The number of aliphatic carboxylic acids is 3. The van der Waals surface area contributed by atoms with Crippen molar-refractivity contribution in [1.82, 2.24) is 4.90 Å². The van der Waals surface area contributed by atoms with Crippen LogP contribution >= 0.6 is 15.2 Å². The van der Waals surface area contributed by atoms with Crippen molar-refractivity contribution in [3.8, 4) is 11.5 Å². The Kier molecular flexibility index (Phi) is 19.8. The van der Waals surface area contributed by atoms with Crippen molar-refractivity contribution in [2.24, 2.45) is 5.73 Å². The molecule has 0 fully saturated rings. The summed E-state index contributed by atoms with van der Waals surface area (Å²) < 4.78 is 27.3. The molecule has 0 amide bonds. The van der Waals surface area contributed by atoms with Gasteiger partial charge in [-0.2, -0.15) is 0 Å². The summed E-state index contributed by atoms with van der Waals surface area (Å²) in [6.45, 7) is 3.66. The highest BCUT2D eigenvalue weighted by Crippen LogP contribution is 2.69. The molecule has 20 heteroatoms. The second-order valence-corrected chi connectivity index (χ2v) is 16.5. The highest BCUT2D eigenvalue weighted by Gasteiger charge is 2.58. The second-order valence-electron chi connectivity index (χ2n) is 12.5. The summed E-state index contributed by atoms with van der Waals surface area (Å²) in [7, 11) is -6.53. The monoisotopic (exact) mass is 828 g/mol. The van der Waals surface area contributed by atoms with Crippen LogP contribution in [0.2, 0.25) is 0 Å². The van der Waals surface area contributed by atoms with Crippen molar-refractivity contribution in [2.45, 2.75) is 49.7 Å². The Balaban J connectivity index is 0.000000486. The maximum absolute atomic E-state index is 10.7. The predicted molar refractivity (Wildman–Crippen MR) is 206 cm³/mol. The molecule has 3 aromatic carbocycles. The van der Waals surface area contributed by atoms with Crippen molar-refractivity contribution in [1.29, 1.82) is 0 Å². The molecule has 18 nitrogen and oxygen atoms in total. The van der Waals surface area contributed by atoms with E-state index in [1.54, 1.807) is 6.07 Å². The molecule has 56 heavy (non-hydrogen) atoms. The summed E-state index contributed by atoms with van der Waals surface area (Å²) >= 11 is 0. The molecule has 0 aliphatic carbocycles. The third kappa shape index (κ3) is 15.6. The molecule has 0 radical (unpaired) electrons. The minimum atomic E-state index is -5.30. The first kappa shape index (κ1) is 49.6. The van der Waals surface area contributed by atoms with Gasteiger partial charge in [-0.1, -0.05) is 61.5 Å². The lowest BCUT2D eigenvalue weighted by molar-refractivity contribution is -0.170. The molecule has 0 spiro atoms. The summed E-state index contributed by atoms with van der Waals surface area (Å²) in [5, 5.41) is 49.7. The largest absolute Gasteiger partial charge is 0.508 e. The summed E-state index contributed by atoms with van der Waals surface area (Å²) in [5.41, 5.74) is 7.98. The highest BCUT2D eigenvalue weighted by atomic mass is 31.2. The van der Waals surface area contributed by atoms with Crippen LogP contribution in [0.4, 0.5) is 0 Å². The van der Waals surface area contributed by atoms with Gasteiger partial charge in [-0.3, -0.25) is 18.7 Å². The molecule has 0 unspecified atom stereocenters. The van der Waals surface area contributed by atoms with Crippen molar-refractivity contribution in [3.05, 3.63) is 95.6 Å². The van der Waals surface area contributed by atoms with E-state index in [-0.39, 0.29) is 18.7 Å². The first-order chi connectivity index (χ1) is 25.9. The van der Waals surface area contributed by atoms with Gasteiger partial charge in [0.25, 0.3) is 5.08 Å². The third-order valence-corrected chi connectivity index (χ3v) is 11.7. The molecule has 0 heterocycles. The molecule has 0 aromatic heterocycles. The average molecular weight is 829 g/mol. The van der Waals surface area contributed by atoms with Gasteiger partial charge in [0.2, 0.25) is 0 Å². The molecule has 310 valence electrons. The fourth-order valence-corrected chi connectivity index (χ4v) is 7.17. The summed E-state index contributed by atoms with van der Waals surface area (Å²) in [4.78, 5) is 67.1. The molecule has 0 saturated carbocycles. The first-order valence-electron chi connectivity index (χ1n) is 16.8. The molecule has 0 aliphatic heterocycles. The lowest BCUT2D eigenvalue weighted by Gasteiger charge is -2.28. The Hall–Kier alpha value is -4.45. The van der Waals surface area contributed by atoms with E-state index in [0.717, 1.165) is 35.4 Å². The van der Waals surface area contributed by atoms with E-state index in [0.29, 0.717) is 6.61 Å². The Bertz CT molecular complexity index is 1820. The number of phenolic OH excluding ortho intramolecular Hbond substituents is 1. The standard InChI is InChI=1S/C26H29NO2.C6H8O7.C4H13NO7P2/c1-4-25(22-11-8-12-23(28)19-22)26(20-9-6-5-7-10-20)21-13-15-24(16-14-21)29-18-17-27(2)3;7-3(8)1-6(13,5(11)12)2-4(9)10;5-3-1-2-4(6,13(7,8)9)14(10,11)12/h5-16,19,28H,4,17-18H2,1-3H3;13H,1-2H2,(H,7,8)(H,9,10)(H,11,12);6H,1-3,5H2,(H2,7,8,9)(H2,10,11,12)/b26-25-;;. The Morgan fingerprint density at radius 1 is 0.768 bits per heavy atom. The number of hydrogen-bond donors (Lipinski definition) is 11. The lowest BCUT2D eigenvalue weighted by Crippen LogP contribution is -2.42. The second kappa shape index (κ2) is 22.3. The van der Waals surface area contributed by atoms with Gasteiger partial charge in [0.1, 0.15) is 18.1 Å². The van der Waals surface area contributed by atoms with Crippen LogP contribution in [-0.4, -0.2) is 117 Å². The van der Waals surface area contributed by atoms with Crippen LogP contribution in [0.3, 0.4) is 0 Å². The van der Waals surface area contributed by atoms with Crippen LogP contribution in [0.1, 0.15) is 55.7 Å². The minimum absolute atomic E-state index is 0.0394. The van der Waals surface area contributed by atoms with Gasteiger partial charge >= 0.3 is 33.1 Å². The molecule has 3 aromatic rings. The third-order valence-electron chi connectivity index (χ3n) is 7.80. The topological polar surface area (TPSA) is 326 Å². The Morgan fingerprint density at radius 3 is 1.68 bits per heavy atom. The SMILES string of the molecule is CC/C(=C(\c1ccccc1)c1ccc(OCCN(C)C)cc1)c1cccc(O)c1.NCCCC(O)(P(=O)(O)O)P(=O)(O)O.O=C(O)CC(O)(CC(=O)O)C(=O)O. The number of carboxylic acid groups (broad SMARTS) is 3. The van der Waals surface area contributed by atoms with Crippen LogP contribution < -0.4 is 10.5 Å². The van der Waals surface area contributed by atoms with Crippen molar-refractivity contribution in [2.75, 3.05) is 33.8 Å². The molecule has 3 rings (SSSR count). The predicted octanol–water partition coefficient (Wildman–Crippen LogP) is 3.18. The van der Waals surface area contributed by atoms with Crippen LogP contribution in [0.5, 0.6) is 11.5 Å². The number of allylic oxidation sites excluding steroid dienone is 1. The molecular weight excluding hydrogens is 778 g/mol. The molecule has 0 atom stereocenters. The Labute approximate surface area is 323 Å². The highest BCUT2D eigenvalue weighted by molar-refractivity contribution is 7.72.